The molecule has 0 amide bonds. The Morgan fingerprint density at radius 2 is 2.00 bits per heavy atom. The van der Waals surface area contributed by atoms with Crippen molar-refractivity contribution in [2.24, 2.45) is 0 Å². The van der Waals surface area contributed by atoms with Crippen LogP contribution < -0.4 is 9.52 Å². The molecule has 0 heterocycles. The van der Waals surface area contributed by atoms with Crippen molar-refractivity contribution in [3.05, 3.63) is 24.3 Å². The first kappa shape index (κ1) is 6.47. The predicted octanol–water partition coefficient (Wildman–Crippen LogP) is 0.731. The molecule has 0 spiro atoms. The van der Waals surface area contributed by atoms with Crippen LogP contribution in [-0.4, -0.2) is 16.6 Å². The van der Waals surface area contributed by atoms with Crippen LogP contribution in [-0.2, 0) is 0 Å². The molecule has 0 fully saturated rings. The zero-order chi connectivity index (χ0) is 6.69. The molecule has 3 heteroatoms. The molecule has 0 saturated carbocycles. The van der Waals surface area contributed by atoms with Crippen LogP contribution >= 0.6 is 0 Å². The Kier molecular flexibility index (Phi) is 1.99. The maximum Gasteiger partial charge on any atom is 0.482 e. The van der Waals surface area contributed by atoms with Gasteiger partial charge in [-0.3, -0.25) is 0 Å². The van der Waals surface area contributed by atoms with Gasteiger partial charge in [0.1, 0.15) is 5.75 Å². The monoisotopic (exact) mass is 135 g/mol. The van der Waals surface area contributed by atoms with Crippen molar-refractivity contribution in [3.8, 4) is 5.75 Å². The van der Waals surface area contributed by atoms with Crippen LogP contribution in [0.3, 0.4) is 0 Å². The summed E-state index contributed by atoms with van der Waals surface area (Å²) in [5, 5.41) is 0. The average molecular weight is 135 g/mol. The SMILES string of the molecule is Nc1ccccc1[O][Al]. The van der Waals surface area contributed by atoms with Gasteiger partial charge in [-0.05, 0) is 12.1 Å². The molecule has 1 rings (SSSR count). The normalized spacial score (nSPS) is 8.89. The van der Waals surface area contributed by atoms with Gasteiger partial charge in [-0.15, -0.1) is 0 Å². The molecule has 2 N–H and O–H groups in total. The van der Waals surface area contributed by atoms with Crippen LogP contribution in [0.1, 0.15) is 0 Å². The maximum atomic E-state index is 5.49. The molecule has 0 atom stereocenters. The fourth-order valence-corrected chi connectivity index (χ4v) is 0.803. The molecule has 0 saturated heterocycles. The molecular formula is C6H6AlNO. The smallest absolute Gasteiger partial charge is 0.482 e. The molecule has 9 heavy (non-hydrogen) atoms. The lowest BCUT2D eigenvalue weighted by Gasteiger charge is -2.03. The van der Waals surface area contributed by atoms with Gasteiger partial charge in [0.15, 0.2) is 0 Å². The van der Waals surface area contributed by atoms with Gasteiger partial charge in [0.2, 0.25) is 0 Å². The summed E-state index contributed by atoms with van der Waals surface area (Å²) in [4.78, 5) is 0. The van der Waals surface area contributed by atoms with Gasteiger partial charge in [-0.25, -0.2) is 0 Å². The molecule has 44 valence electrons. The second kappa shape index (κ2) is 2.77. The predicted molar refractivity (Wildman–Crippen MR) is 37.2 cm³/mol. The van der Waals surface area contributed by atoms with Crippen LogP contribution in [0.25, 0.3) is 0 Å². The first-order valence-corrected chi connectivity index (χ1v) is 3.03. The molecule has 1 aromatic carbocycles. The van der Waals surface area contributed by atoms with E-state index in [1.54, 1.807) is 6.07 Å². The summed E-state index contributed by atoms with van der Waals surface area (Å²) in [5.41, 5.74) is 6.15. The minimum absolute atomic E-state index is 0.660. The van der Waals surface area contributed by atoms with Crippen molar-refractivity contribution < 1.29 is 3.79 Å². The lowest BCUT2D eigenvalue weighted by atomic mass is 10.3. The topological polar surface area (TPSA) is 35.2 Å². The van der Waals surface area contributed by atoms with Crippen LogP contribution in [0.5, 0.6) is 5.75 Å². The first-order chi connectivity index (χ1) is 4.34. The van der Waals surface area contributed by atoms with Gasteiger partial charge in [0, 0.05) is 0 Å². The number of benzene rings is 1. The number of anilines is 1. The van der Waals surface area contributed by atoms with Crippen LogP contribution in [0.15, 0.2) is 24.3 Å². The standard InChI is InChI=1S/C6H7NO.Al/c7-5-3-1-2-4-6(5)8;/h1-4,8H,7H2;/q;+1/p-1. The van der Waals surface area contributed by atoms with Gasteiger partial charge in [-0.2, -0.15) is 0 Å². The van der Waals surface area contributed by atoms with E-state index in [4.69, 9.17) is 9.52 Å². The Morgan fingerprint density at radius 1 is 1.33 bits per heavy atom. The third-order valence-electron chi connectivity index (χ3n) is 1.05. The van der Waals surface area contributed by atoms with Gasteiger partial charge in [-0.1, -0.05) is 12.1 Å². The molecule has 0 aliphatic rings. The first-order valence-electron chi connectivity index (χ1n) is 2.56. The molecule has 0 bridgehead atoms. The van der Waals surface area contributed by atoms with E-state index in [1.807, 2.05) is 18.2 Å². The second-order valence-electron chi connectivity index (χ2n) is 1.66. The van der Waals surface area contributed by atoms with Crippen LogP contribution in [0.4, 0.5) is 5.69 Å². The third-order valence-corrected chi connectivity index (χ3v) is 1.30. The number of hydrogen-bond donors (Lipinski definition) is 1. The van der Waals surface area contributed by atoms with E-state index in [0.29, 0.717) is 11.4 Å². The summed E-state index contributed by atoms with van der Waals surface area (Å²) in [6.07, 6.45) is 0. The summed E-state index contributed by atoms with van der Waals surface area (Å²) < 4.78 is 4.84. The maximum absolute atomic E-state index is 5.49. The summed E-state index contributed by atoms with van der Waals surface area (Å²) in [7, 11) is 0. The Balaban J connectivity index is 3.01. The largest absolute Gasteiger partial charge is 0.652 e. The van der Waals surface area contributed by atoms with Crippen molar-refractivity contribution in [1.29, 1.82) is 0 Å². The fourth-order valence-electron chi connectivity index (χ4n) is 0.588. The number of rotatable bonds is 1. The Morgan fingerprint density at radius 3 is 2.44 bits per heavy atom. The highest BCUT2D eigenvalue weighted by Gasteiger charge is 1.90. The highest BCUT2D eigenvalue weighted by Crippen LogP contribution is 2.17. The lowest BCUT2D eigenvalue weighted by molar-refractivity contribution is 0.619. The second-order valence-corrected chi connectivity index (χ2v) is 1.89. The molecule has 0 aromatic heterocycles. The third kappa shape index (κ3) is 1.38. The van der Waals surface area contributed by atoms with Crippen LogP contribution in [0.2, 0.25) is 0 Å². The molecule has 2 nitrogen and oxygen atoms in total. The van der Waals surface area contributed by atoms with Crippen molar-refractivity contribution in [2.75, 3.05) is 5.73 Å². The zero-order valence-electron chi connectivity index (χ0n) is 4.87. The lowest BCUT2D eigenvalue weighted by Crippen LogP contribution is -1.91. The van der Waals surface area contributed by atoms with E-state index in [1.165, 1.54) is 0 Å². The zero-order valence-corrected chi connectivity index (χ0v) is 6.03. The number of hydrogen-bond acceptors (Lipinski definition) is 2. The Hall–Kier alpha value is -0.648. The molecule has 0 aliphatic heterocycles. The van der Waals surface area contributed by atoms with Crippen LogP contribution in [0, 0.1) is 0 Å². The number of nitrogens with two attached hydrogens (primary N) is 1. The average Bonchev–Trinajstić information content (AvgIpc) is 1.89. The highest BCUT2D eigenvalue weighted by molar-refractivity contribution is 6.00. The summed E-state index contributed by atoms with van der Waals surface area (Å²) >= 11 is 2.15. The van der Waals surface area contributed by atoms with Gasteiger partial charge in [0.25, 0.3) is 0 Å². The molecule has 0 unspecified atom stereocenters. The van der Waals surface area contributed by atoms with Gasteiger partial charge in [0.05, 0.1) is 5.69 Å². The van der Waals surface area contributed by atoms with Gasteiger partial charge >= 0.3 is 16.6 Å². The van der Waals surface area contributed by atoms with Crippen molar-refractivity contribution in [3.63, 3.8) is 0 Å². The van der Waals surface area contributed by atoms with E-state index in [9.17, 15) is 0 Å². The van der Waals surface area contributed by atoms with E-state index >= 15 is 0 Å². The van der Waals surface area contributed by atoms with E-state index < -0.39 is 0 Å². The van der Waals surface area contributed by atoms with Gasteiger partial charge < -0.3 is 9.52 Å². The Labute approximate surface area is 62.4 Å². The highest BCUT2D eigenvalue weighted by atomic mass is 27.1. The van der Waals surface area contributed by atoms with E-state index in [-0.39, 0.29) is 0 Å². The summed E-state index contributed by atoms with van der Waals surface area (Å²) in [6, 6.07) is 7.33. The van der Waals surface area contributed by atoms with E-state index in [0.717, 1.165) is 0 Å². The Bertz CT molecular complexity index is 202. The fraction of sp³-hybridized carbons (Fsp3) is 0. The minimum atomic E-state index is 0.660. The van der Waals surface area contributed by atoms with Crippen molar-refractivity contribution in [1.82, 2.24) is 0 Å². The molecule has 1 aromatic rings. The van der Waals surface area contributed by atoms with E-state index in [2.05, 4.69) is 16.6 Å². The van der Waals surface area contributed by atoms with Crippen molar-refractivity contribution in [2.45, 2.75) is 0 Å². The number of nitrogen functional groups attached to an aromatic ring is 1. The quantitative estimate of drug-likeness (QED) is 0.455. The number of para-hydroxylation sites is 2. The summed E-state index contributed by atoms with van der Waals surface area (Å²) in [5.74, 6) is 0.697. The molecule has 2 radical (unpaired) electrons. The molecule has 0 aliphatic carbocycles. The summed E-state index contributed by atoms with van der Waals surface area (Å²) in [6.45, 7) is 0. The minimum Gasteiger partial charge on any atom is -0.652 e. The molecular weight excluding hydrogens is 129 g/mol. The van der Waals surface area contributed by atoms with Crippen molar-refractivity contribution >= 4 is 22.3 Å².